The predicted molar refractivity (Wildman–Crippen MR) is 95.6 cm³/mol. The second kappa shape index (κ2) is 6.36. The van der Waals surface area contributed by atoms with Gasteiger partial charge in [-0.3, -0.25) is 0 Å². The number of hydrogen-bond donors (Lipinski definition) is 0. The van der Waals surface area contributed by atoms with Crippen LogP contribution in [0, 0.1) is 13.8 Å². The van der Waals surface area contributed by atoms with E-state index in [2.05, 4.69) is 24.5 Å². The minimum absolute atomic E-state index is 0.704. The van der Waals surface area contributed by atoms with Crippen molar-refractivity contribution in [2.45, 2.75) is 53.5 Å². The molecule has 1 aromatic carbocycles. The van der Waals surface area contributed by atoms with Gasteiger partial charge in [0, 0.05) is 13.0 Å². The molecule has 0 saturated heterocycles. The summed E-state index contributed by atoms with van der Waals surface area (Å²) < 4.78 is 4.20. The van der Waals surface area contributed by atoms with Crippen molar-refractivity contribution >= 4 is 22.8 Å². The zero-order chi connectivity index (χ0) is 16.6. The Kier molecular flexibility index (Phi) is 4.44. The Morgan fingerprint density at radius 2 is 1.96 bits per heavy atom. The maximum absolute atomic E-state index is 6.44. The van der Waals surface area contributed by atoms with E-state index in [0.29, 0.717) is 5.02 Å². The van der Waals surface area contributed by atoms with Crippen LogP contribution in [0.25, 0.3) is 16.9 Å². The summed E-state index contributed by atoms with van der Waals surface area (Å²) in [5.74, 6) is 1.12. The fraction of sp³-hybridized carbons (Fsp3) is 0.444. The monoisotopic (exact) mass is 330 g/mol. The number of imidazole rings is 1. The van der Waals surface area contributed by atoms with Crippen molar-refractivity contribution in [3.63, 3.8) is 0 Å². The van der Waals surface area contributed by atoms with Crippen molar-refractivity contribution in [3.05, 3.63) is 40.3 Å². The molecule has 5 heteroatoms. The summed E-state index contributed by atoms with van der Waals surface area (Å²) in [6.07, 6.45) is 3.23. The fourth-order valence-electron chi connectivity index (χ4n) is 3.01. The Labute approximate surface area is 142 Å². The van der Waals surface area contributed by atoms with Gasteiger partial charge in [0.05, 0.1) is 16.4 Å². The van der Waals surface area contributed by atoms with Gasteiger partial charge in [-0.25, -0.2) is 9.67 Å². The average Bonchev–Trinajstić information content (AvgIpc) is 3.03. The fourth-order valence-corrected chi connectivity index (χ4v) is 3.33. The molecule has 3 aromatic rings. The predicted octanol–water partition coefficient (Wildman–Crippen LogP) is 4.85. The van der Waals surface area contributed by atoms with E-state index in [1.807, 2.05) is 30.7 Å². The van der Waals surface area contributed by atoms with Gasteiger partial charge < -0.3 is 4.57 Å². The third-order valence-corrected chi connectivity index (χ3v) is 4.51. The van der Waals surface area contributed by atoms with Crippen molar-refractivity contribution < 1.29 is 0 Å². The van der Waals surface area contributed by atoms with Crippen LogP contribution in [0.5, 0.6) is 0 Å². The number of nitrogens with zero attached hydrogens (tertiary/aromatic N) is 4. The summed E-state index contributed by atoms with van der Waals surface area (Å²) >= 11 is 6.44. The maximum atomic E-state index is 6.44. The normalized spacial score (nSPS) is 11.5. The first kappa shape index (κ1) is 16.1. The summed E-state index contributed by atoms with van der Waals surface area (Å²) in [6.45, 7) is 9.43. The lowest BCUT2D eigenvalue weighted by atomic mass is 10.2. The van der Waals surface area contributed by atoms with Gasteiger partial charge in [-0.2, -0.15) is 5.10 Å². The molecular formula is C18H23ClN4. The first-order valence-corrected chi connectivity index (χ1v) is 8.65. The Hall–Kier alpha value is -1.81. The Balaban J connectivity index is 2.21. The molecule has 0 bridgehead atoms. The van der Waals surface area contributed by atoms with Crippen LogP contribution in [-0.2, 0) is 13.0 Å². The van der Waals surface area contributed by atoms with Crippen molar-refractivity contribution in [3.8, 4) is 5.69 Å². The molecule has 3 rings (SSSR count). The minimum atomic E-state index is 0.704. The van der Waals surface area contributed by atoms with Gasteiger partial charge in [0.15, 0.2) is 5.65 Å². The summed E-state index contributed by atoms with van der Waals surface area (Å²) in [7, 11) is 0. The zero-order valence-electron chi connectivity index (χ0n) is 14.2. The highest BCUT2D eigenvalue weighted by atomic mass is 35.5. The quantitative estimate of drug-likeness (QED) is 0.670. The van der Waals surface area contributed by atoms with Gasteiger partial charge in [0.25, 0.3) is 0 Å². The highest BCUT2D eigenvalue weighted by Crippen LogP contribution is 2.28. The van der Waals surface area contributed by atoms with Crippen LogP contribution in [0.3, 0.4) is 0 Å². The molecule has 0 spiro atoms. The summed E-state index contributed by atoms with van der Waals surface area (Å²) in [5, 5.41) is 5.41. The van der Waals surface area contributed by atoms with Crippen LogP contribution < -0.4 is 0 Å². The smallest absolute Gasteiger partial charge is 0.181 e. The second-order valence-electron chi connectivity index (χ2n) is 6.01. The molecule has 0 unspecified atom stereocenters. The van der Waals surface area contributed by atoms with E-state index in [1.165, 1.54) is 6.42 Å². The van der Waals surface area contributed by atoms with Crippen molar-refractivity contribution in [2.75, 3.05) is 0 Å². The topological polar surface area (TPSA) is 35.6 Å². The molecule has 0 aliphatic heterocycles. The molecule has 0 saturated carbocycles. The lowest BCUT2D eigenvalue weighted by Crippen LogP contribution is -2.04. The molecule has 0 aliphatic carbocycles. The first-order valence-electron chi connectivity index (χ1n) is 8.28. The SMILES string of the molecule is CCCCn1c(CC)nc2c1c(C)nn2-c1ccc(C)cc1Cl. The molecule has 0 radical (unpaired) electrons. The highest BCUT2D eigenvalue weighted by Gasteiger charge is 2.19. The van der Waals surface area contributed by atoms with Crippen LogP contribution in [0.2, 0.25) is 5.02 Å². The molecule has 122 valence electrons. The molecule has 0 amide bonds. The van der Waals surface area contributed by atoms with Gasteiger partial charge >= 0.3 is 0 Å². The van der Waals surface area contributed by atoms with E-state index in [4.69, 9.17) is 21.7 Å². The average molecular weight is 331 g/mol. The molecule has 0 N–H and O–H groups in total. The van der Waals surface area contributed by atoms with Crippen LogP contribution >= 0.6 is 11.6 Å². The van der Waals surface area contributed by atoms with Gasteiger partial charge in [0.1, 0.15) is 11.3 Å². The van der Waals surface area contributed by atoms with E-state index >= 15 is 0 Å². The van der Waals surface area contributed by atoms with Crippen LogP contribution in [0.15, 0.2) is 18.2 Å². The minimum Gasteiger partial charge on any atom is -0.325 e. The summed E-state index contributed by atoms with van der Waals surface area (Å²) in [6, 6.07) is 6.04. The molecule has 0 atom stereocenters. The number of aryl methyl sites for hydroxylation is 4. The maximum Gasteiger partial charge on any atom is 0.181 e. The number of fused-ring (bicyclic) bond motifs is 1. The third kappa shape index (κ3) is 2.76. The van der Waals surface area contributed by atoms with Gasteiger partial charge in [0.2, 0.25) is 0 Å². The van der Waals surface area contributed by atoms with E-state index < -0.39 is 0 Å². The number of halogens is 1. The second-order valence-corrected chi connectivity index (χ2v) is 6.42. The largest absolute Gasteiger partial charge is 0.325 e. The Morgan fingerprint density at radius 1 is 1.17 bits per heavy atom. The first-order chi connectivity index (χ1) is 11.1. The van der Waals surface area contributed by atoms with E-state index in [-0.39, 0.29) is 0 Å². The molecule has 2 aromatic heterocycles. The molecule has 0 fully saturated rings. The molecule has 2 heterocycles. The Morgan fingerprint density at radius 3 is 2.61 bits per heavy atom. The number of unbranched alkanes of at least 4 members (excludes halogenated alkanes) is 1. The van der Waals surface area contributed by atoms with Gasteiger partial charge in [-0.15, -0.1) is 0 Å². The lowest BCUT2D eigenvalue weighted by Gasteiger charge is -2.06. The summed E-state index contributed by atoms with van der Waals surface area (Å²) in [4.78, 5) is 4.85. The van der Waals surface area contributed by atoms with E-state index in [0.717, 1.165) is 53.3 Å². The van der Waals surface area contributed by atoms with Crippen molar-refractivity contribution in [2.24, 2.45) is 0 Å². The van der Waals surface area contributed by atoms with Crippen LogP contribution in [-0.4, -0.2) is 19.3 Å². The van der Waals surface area contributed by atoms with Crippen LogP contribution in [0.4, 0.5) is 0 Å². The number of hydrogen-bond acceptors (Lipinski definition) is 2. The number of benzene rings is 1. The van der Waals surface area contributed by atoms with E-state index in [9.17, 15) is 0 Å². The third-order valence-electron chi connectivity index (χ3n) is 4.20. The van der Waals surface area contributed by atoms with Crippen LogP contribution in [0.1, 0.15) is 43.8 Å². The molecule has 0 aliphatic rings. The van der Waals surface area contributed by atoms with Gasteiger partial charge in [-0.05, 0) is 38.0 Å². The number of rotatable bonds is 5. The van der Waals surface area contributed by atoms with Crippen molar-refractivity contribution in [1.82, 2.24) is 19.3 Å². The Bertz CT molecular complexity index is 844. The summed E-state index contributed by atoms with van der Waals surface area (Å²) in [5.41, 5.74) is 5.06. The molecule has 23 heavy (non-hydrogen) atoms. The van der Waals surface area contributed by atoms with Gasteiger partial charge in [-0.1, -0.05) is 37.9 Å². The zero-order valence-corrected chi connectivity index (χ0v) is 15.0. The molecule has 4 nitrogen and oxygen atoms in total. The van der Waals surface area contributed by atoms with Crippen molar-refractivity contribution in [1.29, 1.82) is 0 Å². The standard InChI is InChI=1S/C18H23ClN4/c1-5-7-10-22-16(6-2)20-18-17(22)13(4)21-23(18)15-9-8-12(3)11-14(15)19/h8-9,11H,5-7,10H2,1-4H3. The molecular weight excluding hydrogens is 308 g/mol. The highest BCUT2D eigenvalue weighted by molar-refractivity contribution is 6.32. The number of aromatic nitrogens is 4. The van der Waals surface area contributed by atoms with E-state index in [1.54, 1.807) is 0 Å². The lowest BCUT2D eigenvalue weighted by molar-refractivity contribution is 0.617.